The zero-order chi connectivity index (χ0) is 16.3. The number of carbonyl (C=O) groups excluding carboxylic acids is 1. The quantitative estimate of drug-likeness (QED) is 0.218. The molecule has 0 saturated carbocycles. The first-order valence-corrected chi connectivity index (χ1v) is 10.9. The molecule has 2 nitrogen and oxygen atoms in total. The lowest BCUT2D eigenvalue weighted by atomic mass is 10.3. The van der Waals surface area contributed by atoms with Crippen molar-refractivity contribution in [3.8, 4) is 0 Å². The van der Waals surface area contributed by atoms with Crippen LogP contribution in [-0.2, 0) is 4.79 Å². The second-order valence-electron chi connectivity index (χ2n) is 4.09. The first-order valence-electron chi connectivity index (χ1n) is 5.91. The molecule has 0 bridgehead atoms. The summed E-state index contributed by atoms with van der Waals surface area (Å²) >= 11 is 18.9. The molecular formula is C14H8Br5NOS. The van der Waals surface area contributed by atoms with Crippen molar-refractivity contribution in [2.75, 3.05) is 11.1 Å². The van der Waals surface area contributed by atoms with Crippen molar-refractivity contribution >= 4 is 103 Å². The fourth-order valence-corrected chi connectivity index (χ4v) is 5.52. The fourth-order valence-electron chi connectivity index (χ4n) is 1.56. The van der Waals surface area contributed by atoms with E-state index in [2.05, 4.69) is 85.0 Å². The molecule has 2 rings (SSSR count). The largest absolute Gasteiger partial charge is 0.323 e. The summed E-state index contributed by atoms with van der Waals surface area (Å²) in [6.07, 6.45) is 0. The molecule has 22 heavy (non-hydrogen) atoms. The van der Waals surface area contributed by atoms with Crippen LogP contribution in [0.4, 0.5) is 5.69 Å². The van der Waals surface area contributed by atoms with E-state index in [-0.39, 0.29) is 5.91 Å². The molecule has 1 N–H and O–H groups in total. The third kappa shape index (κ3) is 4.60. The van der Waals surface area contributed by atoms with Crippen molar-refractivity contribution in [3.05, 3.63) is 52.7 Å². The van der Waals surface area contributed by atoms with E-state index in [0.717, 1.165) is 27.3 Å². The summed E-state index contributed by atoms with van der Waals surface area (Å²) in [7, 11) is 0. The van der Waals surface area contributed by atoms with Gasteiger partial charge in [-0.3, -0.25) is 4.79 Å². The predicted octanol–water partition coefficient (Wildman–Crippen LogP) is 7.23. The number of hydrogen-bond donors (Lipinski definition) is 1. The van der Waals surface area contributed by atoms with E-state index in [4.69, 9.17) is 0 Å². The summed E-state index contributed by atoms with van der Waals surface area (Å²) in [6, 6.07) is 9.83. The first-order chi connectivity index (χ1) is 10.4. The minimum atomic E-state index is -0.0728. The summed E-state index contributed by atoms with van der Waals surface area (Å²) in [4.78, 5) is 13.2. The van der Waals surface area contributed by atoms with E-state index in [1.54, 1.807) is 0 Å². The maximum atomic E-state index is 12.2. The average Bonchev–Trinajstić information content (AvgIpc) is 2.54. The molecule has 0 spiro atoms. The van der Waals surface area contributed by atoms with Gasteiger partial charge in [-0.1, -0.05) is 18.2 Å². The molecule has 2 aromatic rings. The Bertz CT molecular complexity index is 679. The third-order valence-electron chi connectivity index (χ3n) is 2.59. The summed E-state index contributed by atoms with van der Waals surface area (Å²) in [5.41, 5.74) is 0.681. The maximum absolute atomic E-state index is 12.2. The highest BCUT2D eigenvalue weighted by Crippen LogP contribution is 2.47. The van der Waals surface area contributed by atoms with Gasteiger partial charge in [0.2, 0.25) is 5.91 Å². The van der Waals surface area contributed by atoms with Crippen molar-refractivity contribution in [1.29, 1.82) is 0 Å². The van der Waals surface area contributed by atoms with Gasteiger partial charge in [0, 0.05) is 18.3 Å². The first kappa shape index (κ1) is 19.0. The van der Waals surface area contributed by atoms with Gasteiger partial charge < -0.3 is 5.32 Å². The number of benzene rings is 2. The number of hydrogen-bond acceptors (Lipinski definition) is 2. The Kier molecular flexibility index (Phi) is 7.48. The van der Waals surface area contributed by atoms with E-state index in [9.17, 15) is 4.79 Å². The highest BCUT2D eigenvalue weighted by molar-refractivity contribution is 9.15. The van der Waals surface area contributed by atoms with Crippen LogP contribution in [0.15, 0.2) is 57.6 Å². The molecule has 0 aromatic heterocycles. The average molecular weight is 638 g/mol. The lowest BCUT2D eigenvalue weighted by molar-refractivity contribution is -0.113. The predicted molar refractivity (Wildman–Crippen MR) is 111 cm³/mol. The standard InChI is InChI=1S/C14H8Br5NOS/c15-9-10(16)12(18)14(13(19)11(9)17)20-8(21)6-22-7-4-2-1-3-5-7/h1-5H,6H2,(H,20,21). The molecule has 0 aliphatic heterocycles. The Labute approximate surface area is 174 Å². The van der Waals surface area contributed by atoms with E-state index < -0.39 is 0 Å². The zero-order valence-corrected chi connectivity index (χ0v) is 19.5. The maximum Gasteiger partial charge on any atom is 0.234 e. The van der Waals surface area contributed by atoms with E-state index in [1.165, 1.54) is 11.8 Å². The zero-order valence-electron chi connectivity index (χ0n) is 10.8. The number of rotatable bonds is 4. The molecule has 1 amide bonds. The number of amides is 1. The van der Waals surface area contributed by atoms with Crippen molar-refractivity contribution in [2.45, 2.75) is 4.90 Å². The van der Waals surface area contributed by atoms with E-state index in [1.807, 2.05) is 30.3 Å². The molecule has 8 heteroatoms. The van der Waals surface area contributed by atoms with Gasteiger partial charge >= 0.3 is 0 Å². The van der Waals surface area contributed by atoms with Gasteiger partial charge in [-0.2, -0.15) is 0 Å². The SMILES string of the molecule is O=C(CSc1ccccc1)Nc1c(Br)c(Br)c(Br)c(Br)c1Br. The summed E-state index contributed by atoms with van der Waals surface area (Å²) in [5, 5.41) is 2.92. The number of halogens is 5. The minimum Gasteiger partial charge on any atom is -0.323 e. The van der Waals surface area contributed by atoms with Crippen LogP contribution in [0.25, 0.3) is 0 Å². The van der Waals surface area contributed by atoms with Crippen LogP contribution in [0.3, 0.4) is 0 Å². The highest BCUT2D eigenvalue weighted by atomic mass is 79.9. The van der Waals surface area contributed by atoms with Crippen molar-refractivity contribution in [3.63, 3.8) is 0 Å². The molecule has 2 aromatic carbocycles. The van der Waals surface area contributed by atoms with Crippen LogP contribution in [0.5, 0.6) is 0 Å². The molecule has 0 saturated heterocycles. The third-order valence-corrected chi connectivity index (χ3v) is 9.69. The molecule has 0 atom stereocenters. The van der Waals surface area contributed by atoms with Gasteiger partial charge in [-0.05, 0) is 91.8 Å². The van der Waals surface area contributed by atoms with Crippen LogP contribution in [0.2, 0.25) is 0 Å². The van der Waals surface area contributed by atoms with Crippen LogP contribution in [0.1, 0.15) is 0 Å². The Morgan fingerprint density at radius 1 is 0.864 bits per heavy atom. The van der Waals surface area contributed by atoms with Gasteiger partial charge in [0.05, 0.1) is 20.4 Å². The Morgan fingerprint density at radius 3 is 1.91 bits per heavy atom. The van der Waals surface area contributed by atoms with E-state index >= 15 is 0 Å². The monoisotopic (exact) mass is 633 g/mol. The summed E-state index contributed by atoms with van der Waals surface area (Å²) in [5.74, 6) is 0.269. The molecule has 0 aliphatic carbocycles. The molecule has 0 aliphatic rings. The lowest BCUT2D eigenvalue weighted by Gasteiger charge is -2.14. The number of carbonyl (C=O) groups is 1. The van der Waals surface area contributed by atoms with Gasteiger partial charge in [-0.25, -0.2) is 0 Å². The summed E-state index contributed by atoms with van der Waals surface area (Å²) < 4.78 is 4.06. The molecule has 116 valence electrons. The van der Waals surface area contributed by atoms with Gasteiger partial charge in [0.15, 0.2) is 0 Å². The lowest BCUT2D eigenvalue weighted by Crippen LogP contribution is -2.15. The summed E-state index contributed by atoms with van der Waals surface area (Å²) in [6.45, 7) is 0. The second-order valence-corrected chi connectivity index (χ2v) is 9.11. The topological polar surface area (TPSA) is 29.1 Å². The second kappa shape index (κ2) is 8.67. The van der Waals surface area contributed by atoms with Gasteiger partial charge in [-0.15, -0.1) is 11.8 Å². The Balaban J connectivity index is 2.12. The van der Waals surface area contributed by atoms with Crippen molar-refractivity contribution < 1.29 is 4.79 Å². The van der Waals surface area contributed by atoms with Gasteiger partial charge in [0.1, 0.15) is 0 Å². The molecule has 0 radical (unpaired) electrons. The minimum absolute atomic E-state index is 0.0728. The molecule has 0 heterocycles. The van der Waals surface area contributed by atoms with Crippen LogP contribution in [-0.4, -0.2) is 11.7 Å². The number of thioether (sulfide) groups is 1. The molecule has 0 unspecified atom stereocenters. The highest BCUT2D eigenvalue weighted by Gasteiger charge is 2.19. The molecular weight excluding hydrogens is 630 g/mol. The molecule has 0 fully saturated rings. The van der Waals surface area contributed by atoms with Crippen molar-refractivity contribution in [1.82, 2.24) is 0 Å². The number of nitrogens with one attached hydrogen (secondary N) is 1. The Morgan fingerprint density at radius 2 is 1.36 bits per heavy atom. The Hall–Kier alpha value is 0.660. The smallest absolute Gasteiger partial charge is 0.234 e. The van der Waals surface area contributed by atoms with Crippen LogP contribution >= 0.6 is 91.4 Å². The van der Waals surface area contributed by atoms with E-state index in [0.29, 0.717) is 11.4 Å². The normalized spacial score (nSPS) is 10.6. The van der Waals surface area contributed by atoms with Crippen LogP contribution in [0, 0.1) is 0 Å². The van der Waals surface area contributed by atoms with Gasteiger partial charge in [0.25, 0.3) is 0 Å². The van der Waals surface area contributed by atoms with Crippen molar-refractivity contribution in [2.24, 2.45) is 0 Å². The fraction of sp³-hybridized carbons (Fsp3) is 0.0714. The van der Waals surface area contributed by atoms with Crippen LogP contribution < -0.4 is 5.32 Å². The number of anilines is 1.